The van der Waals surface area contributed by atoms with E-state index in [2.05, 4.69) is 37.9 Å². The van der Waals surface area contributed by atoms with E-state index in [1.807, 2.05) is 0 Å². The molecule has 0 bridgehead atoms. The van der Waals surface area contributed by atoms with Gasteiger partial charge in [-0.3, -0.25) is 4.90 Å². The quantitative estimate of drug-likeness (QED) is 0.713. The van der Waals surface area contributed by atoms with Crippen LogP contribution in [0.4, 0.5) is 0 Å². The second kappa shape index (κ2) is 6.72. The van der Waals surface area contributed by atoms with E-state index in [1.54, 1.807) is 0 Å². The zero-order valence-corrected chi connectivity index (χ0v) is 12.0. The van der Waals surface area contributed by atoms with Crippen LogP contribution in [0.1, 0.15) is 40.5 Å². The van der Waals surface area contributed by atoms with E-state index in [-0.39, 0.29) is 5.41 Å². The molecule has 1 aliphatic rings. The molecule has 1 unspecified atom stereocenters. The third-order valence-electron chi connectivity index (χ3n) is 3.50. The van der Waals surface area contributed by atoms with Crippen molar-refractivity contribution in [2.75, 3.05) is 32.8 Å². The highest BCUT2D eigenvalue weighted by atomic mass is 16.3. The summed E-state index contributed by atoms with van der Waals surface area (Å²) in [6.45, 7) is 13.8. The number of hydrogen-bond donors (Lipinski definition) is 2. The monoisotopic (exact) mass is 242 g/mol. The van der Waals surface area contributed by atoms with Gasteiger partial charge in [-0.15, -0.1) is 0 Å². The first-order valence-corrected chi connectivity index (χ1v) is 7.00. The van der Waals surface area contributed by atoms with Gasteiger partial charge in [0.15, 0.2) is 0 Å². The van der Waals surface area contributed by atoms with Crippen LogP contribution in [-0.4, -0.2) is 48.8 Å². The van der Waals surface area contributed by atoms with Gasteiger partial charge in [0, 0.05) is 19.1 Å². The lowest BCUT2D eigenvalue weighted by Gasteiger charge is -2.33. The molecular weight excluding hydrogens is 212 g/mol. The van der Waals surface area contributed by atoms with E-state index in [0.29, 0.717) is 18.6 Å². The molecule has 1 aliphatic heterocycles. The molecule has 0 aliphatic carbocycles. The minimum atomic E-state index is 0.284. The molecule has 102 valence electrons. The molecule has 1 fully saturated rings. The molecule has 0 aromatic carbocycles. The summed E-state index contributed by atoms with van der Waals surface area (Å²) in [7, 11) is 0. The summed E-state index contributed by atoms with van der Waals surface area (Å²) in [5, 5.41) is 12.9. The van der Waals surface area contributed by atoms with Crippen LogP contribution >= 0.6 is 0 Å². The van der Waals surface area contributed by atoms with E-state index in [4.69, 9.17) is 0 Å². The second-order valence-electron chi connectivity index (χ2n) is 6.64. The van der Waals surface area contributed by atoms with E-state index < -0.39 is 0 Å². The number of hydrogen-bond acceptors (Lipinski definition) is 3. The first-order chi connectivity index (χ1) is 7.94. The molecule has 3 heteroatoms. The summed E-state index contributed by atoms with van der Waals surface area (Å²) >= 11 is 0. The summed E-state index contributed by atoms with van der Waals surface area (Å²) in [6, 6.07) is 0.402. The van der Waals surface area contributed by atoms with Gasteiger partial charge in [-0.1, -0.05) is 27.7 Å². The molecule has 0 aromatic rings. The maximum Gasteiger partial charge on any atom is 0.0586 e. The molecule has 3 nitrogen and oxygen atoms in total. The van der Waals surface area contributed by atoms with Gasteiger partial charge in [-0.25, -0.2) is 0 Å². The Morgan fingerprint density at radius 3 is 2.71 bits per heavy atom. The predicted molar refractivity (Wildman–Crippen MR) is 73.2 cm³/mol. The fourth-order valence-corrected chi connectivity index (χ4v) is 2.61. The predicted octanol–water partition coefficient (Wildman–Crippen LogP) is 1.71. The highest BCUT2D eigenvalue weighted by Crippen LogP contribution is 2.23. The SMILES string of the molecule is CC(C)CNCC(C)(C)CN1CCCC1CO. The Morgan fingerprint density at radius 2 is 2.12 bits per heavy atom. The maximum absolute atomic E-state index is 9.32. The van der Waals surface area contributed by atoms with Crippen LogP contribution in [-0.2, 0) is 0 Å². The van der Waals surface area contributed by atoms with Gasteiger partial charge < -0.3 is 10.4 Å². The van der Waals surface area contributed by atoms with Crippen LogP contribution in [0.15, 0.2) is 0 Å². The van der Waals surface area contributed by atoms with Gasteiger partial charge in [0.1, 0.15) is 0 Å². The minimum absolute atomic E-state index is 0.284. The van der Waals surface area contributed by atoms with E-state index in [0.717, 1.165) is 32.6 Å². The zero-order valence-electron chi connectivity index (χ0n) is 12.0. The molecule has 0 radical (unpaired) electrons. The van der Waals surface area contributed by atoms with E-state index in [9.17, 15) is 5.11 Å². The molecule has 1 atom stereocenters. The van der Waals surface area contributed by atoms with Gasteiger partial charge in [0.25, 0.3) is 0 Å². The Balaban J connectivity index is 2.32. The third kappa shape index (κ3) is 5.36. The van der Waals surface area contributed by atoms with Crippen LogP contribution < -0.4 is 5.32 Å². The lowest BCUT2D eigenvalue weighted by molar-refractivity contribution is 0.116. The highest BCUT2D eigenvalue weighted by molar-refractivity contribution is 4.84. The number of likely N-dealkylation sites (tertiary alicyclic amines) is 1. The molecule has 0 aromatic heterocycles. The van der Waals surface area contributed by atoms with Crippen molar-refractivity contribution < 1.29 is 5.11 Å². The van der Waals surface area contributed by atoms with Gasteiger partial charge in [0.05, 0.1) is 6.61 Å². The van der Waals surface area contributed by atoms with Crippen molar-refractivity contribution in [3.63, 3.8) is 0 Å². The fourth-order valence-electron chi connectivity index (χ4n) is 2.61. The van der Waals surface area contributed by atoms with Gasteiger partial charge in [-0.2, -0.15) is 0 Å². The number of aliphatic hydroxyl groups excluding tert-OH is 1. The normalized spacial score (nSPS) is 22.6. The lowest BCUT2D eigenvalue weighted by Crippen LogP contribution is -2.44. The number of nitrogens with zero attached hydrogens (tertiary/aromatic N) is 1. The molecular formula is C14H30N2O. The maximum atomic E-state index is 9.32. The van der Waals surface area contributed by atoms with Crippen molar-refractivity contribution in [2.45, 2.75) is 46.6 Å². The Kier molecular flexibility index (Phi) is 5.90. The molecule has 17 heavy (non-hydrogen) atoms. The average Bonchev–Trinajstić information content (AvgIpc) is 2.63. The van der Waals surface area contributed by atoms with Gasteiger partial charge >= 0.3 is 0 Å². The van der Waals surface area contributed by atoms with Gasteiger partial charge in [0.2, 0.25) is 0 Å². The molecule has 2 N–H and O–H groups in total. The standard InChI is InChI=1S/C14H30N2O/c1-12(2)8-15-10-14(3,4)11-16-7-5-6-13(16)9-17/h12-13,15,17H,5-11H2,1-4H3. The smallest absolute Gasteiger partial charge is 0.0586 e. The van der Waals surface area contributed by atoms with Crippen molar-refractivity contribution in [3.05, 3.63) is 0 Å². The van der Waals surface area contributed by atoms with Crippen molar-refractivity contribution in [3.8, 4) is 0 Å². The molecule has 0 saturated carbocycles. The summed E-state index contributed by atoms with van der Waals surface area (Å²) in [5.41, 5.74) is 0.284. The highest BCUT2D eigenvalue weighted by Gasteiger charge is 2.29. The molecule has 0 spiro atoms. The van der Waals surface area contributed by atoms with E-state index >= 15 is 0 Å². The molecule has 1 rings (SSSR count). The Morgan fingerprint density at radius 1 is 1.41 bits per heavy atom. The molecule has 0 amide bonds. The second-order valence-corrected chi connectivity index (χ2v) is 6.64. The third-order valence-corrected chi connectivity index (χ3v) is 3.50. The first-order valence-electron chi connectivity index (χ1n) is 7.00. The average molecular weight is 242 g/mol. The Hall–Kier alpha value is -0.120. The van der Waals surface area contributed by atoms with Crippen LogP contribution in [0.2, 0.25) is 0 Å². The number of aliphatic hydroxyl groups is 1. The fraction of sp³-hybridized carbons (Fsp3) is 1.00. The number of nitrogens with one attached hydrogen (secondary N) is 1. The molecule has 1 saturated heterocycles. The van der Waals surface area contributed by atoms with Crippen molar-refractivity contribution in [1.29, 1.82) is 0 Å². The summed E-state index contributed by atoms with van der Waals surface area (Å²) in [5.74, 6) is 0.711. The lowest BCUT2D eigenvalue weighted by atomic mass is 9.92. The van der Waals surface area contributed by atoms with E-state index in [1.165, 1.54) is 6.42 Å². The van der Waals surface area contributed by atoms with Crippen LogP contribution in [0.3, 0.4) is 0 Å². The molecule has 1 heterocycles. The Bertz CT molecular complexity index is 216. The first kappa shape index (κ1) is 14.9. The van der Waals surface area contributed by atoms with Crippen molar-refractivity contribution in [2.24, 2.45) is 11.3 Å². The topological polar surface area (TPSA) is 35.5 Å². The number of rotatable bonds is 7. The van der Waals surface area contributed by atoms with Gasteiger partial charge in [-0.05, 0) is 37.3 Å². The minimum Gasteiger partial charge on any atom is -0.395 e. The largest absolute Gasteiger partial charge is 0.395 e. The van der Waals surface area contributed by atoms with Crippen LogP contribution in [0, 0.1) is 11.3 Å². The van der Waals surface area contributed by atoms with Crippen LogP contribution in [0.5, 0.6) is 0 Å². The zero-order chi connectivity index (χ0) is 12.9. The summed E-state index contributed by atoms with van der Waals surface area (Å²) < 4.78 is 0. The summed E-state index contributed by atoms with van der Waals surface area (Å²) in [4.78, 5) is 2.46. The Labute approximate surface area is 107 Å². The van der Waals surface area contributed by atoms with Crippen molar-refractivity contribution >= 4 is 0 Å². The summed E-state index contributed by atoms with van der Waals surface area (Å²) in [6.07, 6.45) is 2.40. The van der Waals surface area contributed by atoms with Crippen LogP contribution in [0.25, 0.3) is 0 Å². The van der Waals surface area contributed by atoms with Crippen molar-refractivity contribution in [1.82, 2.24) is 10.2 Å².